The number of rotatable bonds is 10. The number of ether oxygens (including phenoxy) is 1. The number of carbonyl (C=O) groups is 1. The second-order valence-electron chi connectivity index (χ2n) is 9.11. The lowest BCUT2D eigenvalue weighted by atomic mass is 9.81. The zero-order valence-corrected chi connectivity index (χ0v) is 21.1. The van der Waals surface area contributed by atoms with Crippen molar-refractivity contribution in [1.82, 2.24) is 9.88 Å². The summed E-state index contributed by atoms with van der Waals surface area (Å²) < 4.78 is 20.7. The van der Waals surface area contributed by atoms with E-state index in [2.05, 4.69) is 16.0 Å². The number of benzene rings is 2. The molecule has 1 saturated heterocycles. The van der Waals surface area contributed by atoms with E-state index in [4.69, 9.17) is 10.00 Å². The van der Waals surface area contributed by atoms with E-state index >= 15 is 4.39 Å². The van der Waals surface area contributed by atoms with E-state index in [1.165, 1.54) is 0 Å². The Bertz CT molecular complexity index is 1250. The fourth-order valence-corrected chi connectivity index (χ4v) is 5.88. The highest BCUT2D eigenvalue weighted by atomic mass is 32.2. The summed E-state index contributed by atoms with van der Waals surface area (Å²) in [5.74, 6) is 0.0929. The minimum atomic E-state index is -1.20. The van der Waals surface area contributed by atoms with Crippen molar-refractivity contribution in [2.24, 2.45) is 11.8 Å². The van der Waals surface area contributed by atoms with Gasteiger partial charge in [-0.1, -0.05) is 6.07 Å². The van der Waals surface area contributed by atoms with Gasteiger partial charge in [-0.15, -0.1) is 11.8 Å². The van der Waals surface area contributed by atoms with E-state index in [0.717, 1.165) is 35.5 Å². The first kappa shape index (κ1) is 25.9. The van der Waals surface area contributed by atoms with Crippen LogP contribution in [0.1, 0.15) is 36.6 Å². The number of likely N-dealkylation sites (tertiary alicyclic amines) is 1. The second-order valence-corrected chi connectivity index (χ2v) is 10.3. The summed E-state index contributed by atoms with van der Waals surface area (Å²) in [6, 6.07) is 16.8. The molecule has 8 heteroatoms. The summed E-state index contributed by atoms with van der Waals surface area (Å²) in [6.45, 7) is 2.05. The number of aromatic nitrogens is 1. The Morgan fingerprint density at radius 3 is 2.97 bits per heavy atom. The van der Waals surface area contributed by atoms with E-state index in [0.29, 0.717) is 35.4 Å². The monoisotopic (exact) mass is 507 g/mol. The Kier molecular flexibility index (Phi) is 8.79. The van der Waals surface area contributed by atoms with Crippen molar-refractivity contribution < 1.29 is 19.0 Å². The Labute approximate surface area is 215 Å². The number of hydrogen-bond acceptors (Lipinski definition) is 6. The van der Waals surface area contributed by atoms with Crippen LogP contribution in [0.3, 0.4) is 0 Å². The molecule has 2 aromatic carbocycles. The molecule has 6 nitrogen and oxygen atoms in total. The Morgan fingerprint density at radius 2 is 2.19 bits per heavy atom. The predicted octanol–water partition coefficient (Wildman–Crippen LogP) is 5.72. The number of carboxylic acids is 1. The number of thioether (sulfide) groups is 1. The van der Waals surface area contributed by atoms with Crippen LogP contribution < -0.4 is 4.74 Å². The summed E-state index contributed by atoms with van der Waals surface area (Å²) in [4.78, 5) is 19.6. The number of nitriles is 1. The zero-order valence-electron chi connectivity index (χ0n) is 20.3. The highest BCUT2D eigenvalue weighted by Gasteiger charge is 2.34. The maximum Gasteiger partial charge on any atom is 0.308 e. The maximum absolute atomic E-state index is 15.4. The number of pyridine rings is 1. The van der Waals surface area contributed by atoms with Crippen molar-refractivity contribution in [3.63, 3.8) is 0 Å². The van der Waals surface area contributed by atoms with Gasteiger partial charge in [-0.25, -0.2) is 4.39 Å². The first-order valence-corrected chi connectivity index (χ1v) is 13.1. The van der Waals surface area contributed by atoms with Gasteiger partial charge in [-0.3, -0.25) is 9.78 Å². The molecule has 188 valence electrons. The average molecular weight is 508 g/mol. The molecular formula is C28H30FN3O3S. The molecule has 1 aromatic heterocycles. The fraction of sp³-hybridized carbons (Fsp3) is 0.393. The van der Waals surface area contributed by atoms with Gasteiger partial charge in [0.25, 0.3) is 0 Å². The normalized spacial score (nSPS) is 19.0. The molecular weight excluding hydrogens is 477 g/mol. The number of aliphatic carboxylic acids is 1. The van der Waals surface area contributed by atoms with Crippen molar-refractivity contribution in [3.05, 3.63) is 65.9 Å². The third kappa shape index (κ3) is 6.34. The van der Waals surface area contributed by atoms with Crippen LogP contribution in [0.4, 0.5) is 4.39 Å². The Hall–Kier alpha value is -3.15. The third-order valence-corrected chi connectivity index (χ3v) is 7.88. The highest BCUT2D eigenvalue weighted by Crippen LogP contribution is 2.35. The van der Waals surface area contributed by atoms with Crippen molar-refractivity contribution in [3.8, 4) is 11.8 Å². The summed E-state index contributed by atoms with van der Waals surface area (Å²) in [6.07, 6.45) is 1.95. The number of carboxylic acid groups (broad SMARTS) is 1. The average Bonchev–Trinajstić information content (AvgIpc) is 2.91. The first-order valence-electron chi connectivity index (χ1n) is 12.1. The van der Waals surface area contributed by atoms with Gasteiger partial charge in [-0.05, 0) is 79.8 Å². The predicted molar refractivity (Wildman–Crippen MR) is 139 cm³/mol. The molecule has 0 amide bonds. The van der Waals surface area contributed by atoms with Crippen molar-refractivity contribution in [1.29, 1.82) is 5.26 Å². The Balaban J connectivity index is 1.33. The second kappa shape index (κ2) is 12.2. The molecule has 3 aromatic rings. The summed E-state index contributed by atoms with van der Waals surface area (Å²) in [5.41, 5.74) is 1.92. The Morgan fingerprint density at radius 1 is 1.33 bits per heavy atom. The number of nitrogens with zero attached hydrogens (tertiary/aromatic N) is 3. The molecule has 0 spiro atoms. The molecule has 4 rings (SSSR count). The van der Waals surface area contributed by atoms with Crippen LogP contribution in [0, 0.1) is 23.2 Å². The molecule has 0 unspecified atom stereocenters. The van der Waals surface area contributed by atoms with Gasteiger partial charge in [0.05, 0.1) is 30.2 Å². The molecule has 36 heavy (non-hydrogen) atoms. The van der Waals surface area contributed by atoms with Crippen molar-refractivity contribution in [2.45, 2.75) is 30.3 Å². The highest BCUT2D eigenvalue weighted by molar-refractivity contribution is 7.99. The molecule has 1 aliphatic heterocycles. The van der Waals surface area contributed by atoms with E-state index < -0.39 is 18.1 Å². The maximum atomic E-state index is 15.4. The van der Waals surface area contributed by atoms with Crippen LogP contribution in [0.5, 0.6) is 5.75 Å². The summed E-state index contributed by atoms with van der Waals surface area (Å²) >= 11 is 1.67. The summed E-state index contributed by atoms with van der Waals surface area (Å²) in [7, 11) is 1.58. The smallest absolute Gasteiger partial charge is 0.308 e. The van der Waals surface area contributed by atoms with Crippen LogP contribution in [-0.2, 0) is 4.79 Å². The van der Waals surface area contributed by atoms with Crippen LogP contribution in [-0.4, -0.2) is 53.5 Å². The number of alkyl halides is 1. The topological polar surface area (TPSA) is 86.5 Å². The minimum Gasteiger partial charge on any atom is -0.497 e. The molecule has 0 aliphatic carbocycles. The van der Waals surface area contributed by atoms with Crippen LogP contribution in [0.15, 0.2) is 59.6 Å². The number of piperidine rings is 1. The van der Waals surface area contributed by atoms with Gasteiger partial charge < -0.3 is 14.7 Å². The lowest BCUT2D eigenvalue weighted by Gasteiger charge is -2.36. The number of methoxy groups -OCH3 is 1. The van der Waals surface area contributed by atoms with Gasteiger partial charge in [0.2, 0.25) is 0 Å². The van der Waals surface area contributed by atoms with Crippen LogP contribution in [0.25, 0.3) is 10.9 Å². The molecule has 2 heterocycles. The molecule has 0 bridgehead atoms. The summed E-state index contributed by atoms with van der Waals surface area (Å²) in [5, 5.41) is 19.7. The first-order chi connectivity index (χ1) is 17.5. The van der Waals surface area contributed by atoms with E-state index in [1.807, 2.05) is 24.3 Å². The zero-order chi connectivity index (χ0) is 25.5. The van der Waals surface area contributed by atoms with Gasteiger partial charge in [-0.2, -0.15) is 5.26 Å². The number of fused-ring (bicyclic) bond motifs is 1. The van der Waals surface area contributed by atoms with Gasteiger partial charge in [0.15, 0.2) is 0 Å². The van der Waals surface area contributed by atoms with Crippen LogP contribution in [0.2, 0.25) is 0 Å². The largest absolute Gasteiger partial charge is 0.497 e. The van der Waals surface area contributed by atoms with Gasteiger partial charge >= 0.3 is 5.97 Å². The van der Waals surface area contributed by atoms with Crippen LogP contribution >= 0.6 is 11.8 Å². The van der Waals surface area contributed by atoms with E-state index in [1.54, 1.807) is 49.3 Å². The molecule has 0 saturated carbocycles. The standard InChI is InChI=1S/C28H30FN3O3S/c1-35-21-6-8-27-24(16-21)23(9-11-31-27)26(29)7-5-20-10-12-32(18-25(20)28(33)34)13-14-36-22-4-2-3-19(15-22)17-30/h2-4,6,8-9,11,15-16,20,25-26H,5,7,10,12-14,18H2,1H3,(H,33,34)/t20-,25+,26-/m1/s1. The van der Waals surface area contributed by atoms with Gasteiger partial charge in [0.1, 0.15) is 11.9 Å². The number of halogens is 1. The number of hydrogen-bond donors (Lipinski definition) is 1. The lowest BCUT2D eigenvalue weighted by molar-refractivity contribution is -0.146. The van der Waals surface area contributed by atoms with E-state index in [9.17, 15) is 9.90 Å². The minimum absolute atomic E-state index is 0.0559. The van der Waals surface area contributed by atoms with Crippen molar-refractivity contribution >= 4 is 28.6 Å². The molecule has 0 radical (unpaired) electrons. The fourth-order valence-electron chi connectivity index (χ4n) is 4.91. The third-order valence-electron chi connectivity index (χ3n) is 6.91. The lowest BCUT2D eigenvalue weighted by Crippen LogP contribution is -2.44. The molecule has 1 N–H and O–H groups in total. The van der Waals surface area contributed by atoms with Gasteiger partial charge in [0, 0.05) is 35.3 Å². The van der Waals surface area contributed by atoms with Crippen molar-refractivity contribution in [2.75, 3.05) is 32.5 Å². The molecule has 3 atom stereocenters. The SMILES string of the molecule is COc1ccc2nccc([C@H](F)CC[C@@H]3CCN(CCSc4cccc(C#N)c4)C[C@@H]3C(=O)O)c2c1. The van der Waals surface area contributed by atoms with E-state index in [-0.39, 0.29) is 12.3 Å². The molecule has 1 fully saturated rings. The molecule has 1 aliphatic rings. The quantitative estimate of drug-likeness (QED) is 0.351.